The Balaban J connectivity index is 0.000000171. The molecule has 0 bridgehead atoms. The van der Waals surface area contributed by atoms with Gasteiger partial charge in [-0.05, 0) is 36.0 Å². The molecule has 1 nitrogen and oxygen atoms in total. The van der Waals surface area contributed by atoms with Gasteiger partial charge in [0.2, 0.25) is 0 Å². The molecule has 5 aromatic rings. The second-order valence-corrected chi connectivity index (χ2v) is 8.76. The highest BCUT2D eigenvalue weighted by molar-refractivity contribution is 7.79. The van der Waals surface area contributed by atoms with Crippen molar-refractivity contribution in [3.8, 4) is 0 Å². The van der Waals surface area contributed by atoms with Crippen LogP contribution in [-0.4, -0.2) is 4.98 Å². The average Bonchev–Trinajstić information content (AvgIpc) is 2.82. The van der Waals surface area contributed by atoms with Crippen molar-refractivity contribution in [3.05, 3.63) is 134 Å². The highest BCUT2D eigenvalue weighted by Gasteiger charge is 2.14. The van der Waals surface area contributed by atoms with E-state index in [0.29, 0.717) is 0 Å². The van der Waals surface area contributed by atoms with E-state index in [2.05, 4.69) is 108 Å². The first-order valence-electron chi connectivity index (χ1n) is 9.67. The van der Waals surface area contributed by atoms with Crippen LogP contribution in [0.4, 0.5) is 0 Å². The third-order valence-electron chi connectivity index (χ3n) is 4.56. The first kappa shape index (κ1) is 19.1. The SMILES string of the molecule is c1ccc(P(c2ccccc2)c2ccccc2)cc1.c1ccc2ncccc2c1. The Hall–Kier alpha value is -3.28. The fraction of sp³-hybridized carbons (Fsp3) is 0. The summed E-state index contributed by atoms with van der Waals surface area (Å²) >= 11 is 0. The molecule has 2 heteroatoms. The fourth-order valence-corrected chi connectivity index (χ4v) is 5.50. The topological polar surface area (TPSA) is 12.9 Å². The average molecular weight is 391 g/mol. The second-order valence-electron chi connectivity index (χ2n) is 6.54. The van der Waals surface area contributed by atoms with Gasteiger partial charge >= 0.3 is 0 Å². The zero-order valence-electron chi connectivity index (χ0n) is 16.1. The Kier molecular flexibility index (Phi) is 6.42. The van der Waals surface area contributed by atoms with E-state index in [9.17, 15) is 0 Å². The number of benzene rings is 4. The lowest BCUT2D eigenvalue weighted by atomic mass is 10.2. The summed E-state index contributed by atoms with van der Waals surface area (Å²) in [5.74, 6) is 0. The van der Waals surface area contributed by atoms with Gasteiger partial charge in [-0.3, -0.25) is 4.98 Å². The molecule has 0 aliphatic heterocycles. The smallest absolute Gasteiger partial charge is 0.0701 e. The van der Waals surface area contributed by atoms with Gasteiger partial charge in [0.1, 0.15) is 0 Å². The lowest BCUT2D eigenvalue weighted by Crippen LogP contribution is -2.20. The summed E-state index contributed by atoms with van der Waals surface area (Å²) in [6.45, 7) is 0. The van der Waals surface area contributed by atoms with E-state index in [-0.39, 0.29) is 0 Å². The summed E-state index contributed by atoms with van der Waals surface area (Å²) < 4.78 is 0. The predicted octanol–water partition coefficient (Wildman–Crippen LogP) is 5.68. The molecule has 0 spiro atoms. The molecule has 1 aromatic heterocycles. The quantitative estimate of drug-likeness (QED) is 0.361. The Labute approximate surface area is 173 Å². The maximum atomic E-state index is 4.18. The van der Waals surface area contributed by atoms with Crippen LogP contribution in [0.15, 0.2) is 134 Å². The molecule has 0 amide bonds. The second kappa shape index (κ2) is 9.78. The number of para-hydroxylation sites is 1. The highest BCUT2D eigenvalue weighted by Crippen LogP contribution is 2.32. The predicted molar refractivity (Wildman–Crippen MR) is 127 cm³/mol. The molecule has 5 rings (SSSR count). The van der Waals surface area contributed by atoms with Crippen LogP contribution in [0.25, 0.3) is 10.9 Å². The zero-order chi connectivity index (χ0) is 19.7. The van der Waals surface area contributed by atoms with Gasteiger partial charge in [0.15, 0.2) is 0 Å². The van der Waals surface area contributed by atoms with E-state index >= 15 is 0 Å². The van der Waals surface area contributed by atoms with Gasteiger partial charge in [0, 0.05) is 11.6 Å². The Morgan fingerprint density at radius 2 is 0.828 bits per heavy atom. The van der Waals surface area contributed by atoms with Crippen LogP contribution in [0.5, 0.6) is 0 Å². The minimum atomic E-state index is -0.446. The van der Waals surface area contributed by atoms with E-state index in [1.165, 1.54) is 21.3 Å². The van der Waals surface area contributed by atoms with Crippen molar-refractivity contribution < 1.29 is 0 Å². The molecule has 0 saturated heterocycles. The first-order valence-corrected chi connectivity index (χ1v) is 11.0. The summed E-state index contributed by atoms with van der Waals surface area (Å²) in [6.07, 6.45) is 1.81. The molecule has 140 valence electrons. The molecule has 0 aliphatic rings. The minimum absolute atomic E-state index is 0.446. The van der Waals surface area contributed by atoms with E-state index in [1.807, 2.05) is 30.5 Å². The van der Waals surface area contributed by atoms with Crippen molar-refractivity contribution in [1.29, 1.82) is 0 Å². The van der Waals surface area contributed by atoms with Gasteiger partial charge < -0.3 is 0 Å². The Morgan fingerprint density at radius 3 is 1.31 bits per heavy atom. The highest BCUT2D eigenvalue weighted by atomic mass is 31.1. The molecule has 0 unspecified atom stereocenters. The lowest BCUT2D eigenvalue weighted by molar-refractivity contribution is 1.41. The molecule has 1 heterocycles. The summed E-state index contributed by atoms with van der Waals surface area (Å²) in [7, 11) is -0.446. The zero-order valence-corrected chi connectivity index (χ0v) is 17.0. The fourth-order valence-electron chi connectivity index (χ4n) is 3.19. The largest absolute Gasteiger partial charge is 0.256 e. The molecule has 0 N–H and O–H groups in total. The van der Waals surface area contributed by atoms with Gasteiger partial charge in [-0.1, -0.05) is 115 Å². The van der Waals surface area contributed by atoms with Gasteiger partial charge in [-0.2, -0.15) is 0 Å². The Bertz CT molecular complexity index is 983. The number of nitrogens with zero attached hydrogens (tertiary/aromatic N) is 1. The number of hydrogen-bond donors (Lipinski definition) is 0. The lowest BCUT2D eigenvalue weighted by Gasteiger charge is -2.18. The van der Waals surface area contributed by atoms with E-state index in [1.54, 1.807) is 0 Å². The van der Waals surface area contributed by atoms with E-state index in [4.69, 9.17) is 0 Å². The maximum absolute atomic E-state index is 4.18. The Morgan fingerprint density at radius 1 is 0.414 bits per heavy atom. The molecule has 0 fully saturated rings. The summed E-state index contributed by atoms with van der Waals surface area (Å²) in [6, 6.07) is 44.4. The van der Waals surface area contributed by atoms with Gasteiger partial charge in [0.25, 0.3) is 0 Å². The van der Waals surface area contributed by atoms with Crippen molar-refractivity contribution in [3.63, 3.8) is 0 Å². The third kappa shape index (κ3) is 4.96. The molecule has 4 aromatic carbocycles. The summed E-state index contributed by atoms with van der Waals surface area (Å²) in [5, 5.41) is 5.39. The van der Waals surface area contributed by atoms with E-state index in [0.717, 1.165) is 5.52 Å². The van der Waals surface area contributed by atoms with Crippen molar-refractivity contribution in [1.82, 2.24) is 4.98 Å². The van der Waals surface area contributed by atoms with Crippen molar-refractivity contribution >= 4 is 34.7 Å². The number of aromatic nitrogens is 1. The van der Waals surface area contributed by atoms with Gasteiger partial charge in [-0.15, -0.1) is 0 Å². The van der Waals surface area contributed by atoms with E-state index < -0.39 is 7.92 Å². The van der Waals surface area contributed by atoms with Crippen molar-refractivity contribution in [2.24, 2.45) is 0 Å². The molecular formula is C27H22NP. The molecule has 0 radical (unpaired) electrons. The van der Waals surface area contributed by atoms with Crippen LogP contribution in [0.3, 0.4) is 0 Å². The van der Waals surface area contributed by atoms with Crippen LogP contribution >= 0.6 is 7.92 Å². The standard InChI is InChI=1S/C18H15P.C9H7N/c1-4-10-16(11-5-1)19(17-12-6-2-7-13-17)18-14-8-3-9-15-18;1-2-6-9-8(4-1)5-3-7-10-9/h1-15H;1-7H. The minimum Gasteiger partial charge on any atom is -0.256 e. The normalized spacial score (nSPS) is 10.4. The van der Waals surface area contributed by atoms with Gasteiger partial charge in [-0.25, -0.2) is 0 Å². The van der Waals surface area contributed by atoms with Gasteiger partial charge in [0.05, 0.1) is 5.52 Å². The number of rotatable bonds is 3. The van der Waals surface area contributed by atoms with Crippen molar-refractivity contribution in [2.75, 3.05) is 0 Å². The number of hydrogen-bond acceptors (Lipinski definition) is 1. The molecule has 0 saturated carbocycles. The van der Waals surface area contributed by atoms with Crippen molar-refractivity contribution in [2.45, 2.75) is 0 Å². The number of fused-ring (bicyclic) bond motifs is 1. The number of pyridine rings is 1. The monoisotopic (exact) mass is 391 g/mol. The maximum Gasteiger partial charge on any atom is 0.0701 e. The summed E-state index contributed by atoms with van der Waals surface area (Å²) in [4.78, 5) is 4.18. The molecular weight excluding hydrogens is 369 g/mol. The van der Waals surface area contributed by atoms with Crippen LogP contribution < -0.4 is 15.9 Å². The van der Waals surface area contributed by atoms with Crippen LogP contribution in [0.2, 0.25) is 0 Å². The third-order valence-corrected chi connectivity index (χ3v) is 7.00. The molecule has 0 atom stereocenters. The van der Waals surface area contributed by atoms with Crippen LogP contribution in [-0.2, 0) is 0 Å². The summed E-state index contributed by atoms with van der Waals surface area (Å²) in [5.41, 5.74) is 1.06. The first-order chi connectivity index (χ1) is 14.4. The van der Waals surface area contributed by atoms with Crippen LogP contribution in [0, 0.1) is 0 Å². The van der Waals surface area contributed by atoms with Crippen LogP contribution in [0.1, 0.15) is 0 Å². The molecule has 29 heavy (non-hydrogen) atoms. The molecule has 0 aliphatic carbocycles.